The number of aliphatic carboxylic acids is 1. The van der Waals surface area contributed by atoms with Crippen molar-refractivity contribution in [1.82, 2.24) is 4.90 Å². The average molecular weight is 557 g/mol. The number of phenols is 1. The highest BCUT2D eigenvalue weighted by molar-refractivity contribution is 6.43. The Bertz CT molecular complexity index is 1200. The van der Waals surface area contributed by atoms with Crippen LogP contribution in [0.1, 0.15) is 57.4 Å². The summed E-state index contributed by atoms with van der Waals surface area (Å²) in [4.78, 5) is 39.0. The minimum Gasteiger partial charge on any atom is -0.505 e. The average Bonchev–Trinajstić information content (AvgIpc) is 3.13. The minimum absolute atomic E-state index is 0.0582. The molecule has 0 saturated carbocycles. The number of rotatable bonds is 12. The first-order valence-electron chi connectivity index (χ1n) is 13.9. The van der Waals surface area contributed by atoms with Gasteiger partial charge in [-0.25, -0.2) is 4.39 Å². The number of fused-ring (bicyclic) bond motifs is 3. The molecule has 216 valence electrons. The molecule has 1 aliphatic carbocycles. The summed E-state index contributed by atoms with van der Waals surface area (Å²) in [6.07, 6.45) is 4.78. The van der Waals surface area contributed by atoms with Crippen LogP contribution in [0.25, 0.3) is 6.08 Å². The van der Waals surface area contributed by atoms with E-state index in [1.165, 1.54) is 17.0 Å². The number of aromatic hydroxyl groups is 1. The standard InChI is InChI=1S/C29H37BFNO8/c1-17(12-18-8-9-23(33)22(31)13-18)7-10-24-26-19(16-39-2)14-20-27(21(26)15-30(38)40-24)29(37)32(28(20)36)11-5-3-4-6-25(34)35/h8-9,12-13,20-21,24,27,33,38H,3-7,10-11,14-16H2,1-2H3,(H,34,35)/b17-12+/t20-,21+,24-,27-/m1/s1. The number of halogens is 1. The molecule has 0 bridgehead atoms. The maximum atomic E-state index is 13.8. The van der Waals surface area contributed by atoms with Gasteiger partial charge in [0.15, 0.2) is 11.6 Å². The van der Waals surface area contributed by atoms with Crippen LogP contribution in [-0.2, 0) is 23.8 Å². The van der Waals surface area contributed by atoms with Gasteiger partial charge < -0.3 is 24.6 Å². The summed E-state index contributed by atoms with van der Waals surface area (Å²) in [5, 5.41) is 28.9. The lowest BCUT2D eigenvalue weighted by Crippen LogP contribution is -2.46. The Kier molecular flexibility index (Phi) is 9.81. The zero-order valence-corrected chi connectivity index (χ0v) is 23.0. The van der Waals surface area contributed by atoms with Crippen LogP contribution in [-0.4, -0.2) is 71.4 Å². The summed E-state index contributed by atoms with van der Waals surface area (Å²) in [6.45, 7) is 2.47. The van der Waals surface area contributed by atoms with Gasteiger partial charge in [-0.05, 0) is 80.1 Å². The molecule has 0 unspecified atom stereocenters. The topological polar surface area (TPSA) is 134 Å². The second kappa shape index (κ2) is 13.1. The van der Waals surface area contributed by atoms with E-state index < -0.39 is 42.6 Å². The fraction of sp³-hybridized carbons (Fsp3) is 0.552. The van der Waals surface area contributed by atoms with Crippen molar-refractivity contribution in [3.63, 3.8) is 0 Å². The van der Waals surface area contributed by atoms with E-state index in [0.717, 1.165) is 16.7 Å². The number of carbonyl (C=O) groups is 3. The number of phenolic OH excluding ortho intramolecular Hbond substituents is 1. The number of hydrogen-bond donors (Lipinski definition) is 3. The summed E-state index contributed by atoms with van der Waals surface area (Å²) >= 11 is 0. The van der Waals surface area contributed by atoms with Crippen molar-refractivity contribution < 1.29 is 43.4 Å². The summed E-state index contributed by atoms with van der Waals surface area (Å²) in [5.41, 5.74) is 3.43. The molecule has 2 amide bonds. The minimum atomic E-state index is -1.08. The predicted octanol–water partition coefficient (Wildman–Crippen LogP) is 3.80. The van der Waals surface area contributed by atoms with Crippen LogP contribution in [0.5, 0.6) is 5.75 Å². The number of hydrogen-bond acceptors (Lipinski definition) is 7. The van der Waals surface area contributed by atoms with Crippen molar-refractivity contribution in [2.75, 3.05) is 20.3 Å². The van der Waals surface area contributed by atoms with Crippen LogP contribution in [0.3, 0.4) is 0 Å². The largest absolute Gasteiger partial charge is 0.505 e. The van der Waals surface area contributed by atoms with Gasteiger partial charge in [0.25, 0.3) is 0 Å². The Morgan fingerprint density at radius 1 is 1.20 bits per heavy atom. The fourth-order valence-corrected chi connectivity index (χ4v) is 6.41. The third-order valence-electron chi connectivity index (χ3n) is 8.18. The monoisotopic (exact) mass is 557 g/mol. The van der Waals surface area contributed by atoms with Crippen LogP contribution in [0, 0.1) is 23.6 Å². The summed E-state index contributed by atoms with van der Waals surface area (Å²) in [7, 11) is 0.501. The lowest BCUT2D eigenvalue weighted by atomic mass is 9.58. The van der Waals surface area contributed by atoms with Crippen LogP contribution >= 0.6 is 0 Å². The SMILES string of the molecule is COCC1=C2[C@@H](CC/C(C)=C/c3ccc(O)c(F)c3)OB(O)C[C@@H]2[C@@H]2C(=O)N(CCCCCC(=O)O)C(=O)[C@@H]2C1. The number of carboxylic acid groups (broad SMARTS) is 1. The van der Waals surface area contributed by atoms with Crippen LogP contribution in [0.15, 0.2) is 34.9 Å². The van der Waals surface area contributed by atoms with Crippen molar-refractivity contribution in [2.24, 2.45) is 17.8 Å². The van der Waals surface area contributed by atoms with Gasteiger partial charge in [-0.3, -0.25) is 19.3 Å². The van der Waals surface area contributed by atoms with Crippen LogP contribution in [0.2, 0.25) is 6.32 Å². The first-order chi connectivity index (χ1) is 19.1. The summed E-state index contributed by atoms with van der Waals surface area (Å²) < 4.78 is 25.2. The van der Waals surface area contributed by atoms with Crippen molar-refractivity contribution >= 4 is 31.0 Å². The third kappa shape index (κ3) is 6.64. The van der Waals surface area contributed by atoms with E-state index in [-0.39, 0.29) is 37.0 Å². The number of carbonyl (C=O) groups excluding carboxylic acids is 2. The molecule has 3 aliphatic rings. The molecule has 0 aromatic heterocycles. The quantitative estimate of drug-likeness (QED) is 0.153. The number of benzene rings is 1. The second-order valence-electron chi connectivity index (χ2n) is 11.0. The maximum absolute atomic E-state index is 13.8. The van der Waals surface area contributed by atoms with E-state index in [9.17, 15) is 28.9 Å². The number of likely N-dealkylation sites (tertiary alicyclic amines) is 1. The molecule has 2 heterocycles. The Hall–Kier alpha value is -3.02. The number of methoxy groups -OCH3 is 1. The van der Waals surface area contributed by atoms with E-state index in [1.807, 2.05) is 13.0 Å². The molecule has 3 N–H and O–H groups in total. The van der Waals surface area contributed by atoms with Crippen LogP contribution < -0.4 is 0 Å². The zero-order valence-electron chi connectivity index (χ0n) is 23.0. The molecule has 40 heavy (non-hydrogen) atoms. The molecule has 0 spiro atoms. The van der Waals surface area contributed by atoms with Gasteiger partial charge in [0.2, 0.25) is 11.8 Å². The Balaban J connectivity index is 1.50. The number of allylic oxidation sites excluding steroid dienone is 1. The van der Waals surface area contributed by atoms with Crippen molar-refractivity contribution in [1.29, 1.82) is 0 Å². The van der Waals surface area contributed by atoms with E-state index in [0.29, 0.717) is 50.7 Å². The van der Waals surface area contributed by atoms with E-state index in [1.54, 1.807) is 13.2 Å². The number of unbranched alkanes of at least 4 members (excludes halogenated alkanes) is 2. The molecule has 2 fully saturated rings. The molecule has 4 atom stereocenters. The maximum Gasteiger partial charge on any atom is 0.455 e. The highest BCUT2D eigenvalue weighted by atomic mass is 19.1. The fourth-order valence-electron chi connectivity index (χ4n) is 6.41. The number of amides is 2. The van der Waals surface area contributed by atoms with Crippen molar-refractivity contribution in [3.8, 4) is 5.75 Å². The molecule has 1 aromatic rings. The number of imide groups is 1. The number of nitrogens with zero attached hydrogens (tertiary/aromatic N) is 1. The zero-order chi connectivity index (χ0) is 29.0. The normalized spacial score (nSPS) is 24.9. The first kappa shape index (κ1) is 30.0. The molecular weight excluding hydrogens is 520 g/mol. The van der Waals surface area contributed by atoms with Gasteiger partial charge >= 0.3 is 13.1 Å². The summed E-state index contributed by atoms with van der Waals surface area (Å²) in [6, 6.07) is 4.19. The molecule has 2 aliphatic heterocycles. The third-order valence-corrected chi connectivity index (χ3v) is 8.18. The van der Waals surface area contributed by atoms with Crippen LogP contribution in [0.4, 0.5) is 4.39 Å². The molecular formula is C29H37BFNO8. The molecule has 2 saturated heterocycles. The highest BCUT2D eigenvalue weighted by Crippen LogP contribution is 2.50. The summed E-state index contributed by atoms with van der Waals surface area (Å²) in [5.74, 6) is -3.83. The van der Waals surface area contributed by atoms with Gasteiger partial charge in [-0.15, -0.1) is 0 Å². The Morgan fingerprint density at radius 2 is 1.98 bits per heavy atom. The Morgan fingerprint density at radius 3 is 2.67 bits per heavy atom. The number of carboxylic acids is 1. The lowest BCUT2D eigenvalue weighted by molar-refractivity contribution is -0.141. The molecule has 9 nitrogen and oxygen atoms in total. The predicted molar refractivity (Wildman–Crippen MR) is 145 cm³/mol. The van der Waals surface area contributed by atoms with Crippen molar-refractivity contribution in [2.45, 2.75) is 64.3 Å². The molecule has 11 heteroatoms. The van der Waals surface area contributed by atoms with Crippen molar-refractivity contribution in [3.05, 3.63) is 46.3 Å². The molecule has 4 rings (SSSR count). The van der Waals surface area contributed by atoms with Gasteiger partial charge in [0, 0.05) is 20.1 Å². The second-order valence-corrected chi connectivity index (χ2v) is 11.0. The van der Waals surface area contributed by atoms with Gasteiger partial charge in [-0.2, -0.15) is 0 Å². The first-order valence-corrected chi connectivity index (χ1v) is 13.9. The highest BCUT2D eigenvalue weighted by Gasteiger charge is 2.57. The Labute approximate surface area is 233 Å². The van der Waals surface area contributed by atoms with E-state index >= 15 is 0 Å². The van der Waals surface area contributed by atoms with E-state index in [4.69, 9.17) is 14.5 Å². The van der Waals surface area contributed by atoms with Gasteiger partial charge in [0.05, 0.1) is 24.5 Å². The van der Waals surface area contributed by atoms with Gasteiger partial charge in [-0.1, -0.05) is 24.1 Å². The molecule has 0 radical (unpaired) electrons. The molecule has 1 aromatic carbocycles. The van der Waals surface area contributed by atoms with E-state index in [2.05, 4.69) is 0 Å². The smallest absolute Gasteiger partial charge is 0.455 e. The lowest BCUT2D eigenvalue weighted by Gasteiger charge is -2.43. The van der Waals surface area contributed by atoms with Gasteiger partial charge in [0.1, 0.15) is 0 Å². The number of ether oxygens (including phenoxy) is 1.